The summed E-state index contributed by atoms with van der Waals surface area (Å²) >= 11 is 0. The monoisotopic (exact) mass is 540 g/mol. The van der Waals surface area contributed by atoms with E-state index in [1.165, 1.54) is 66.8 Å². The molecule has 0 saturated carbocycles. The number of hydrogen-bond acceptors (Lipinski definition) is 0. The van der Waals surface area contributed by atoms with Crippen LogP contribution in [0.3, 0.4) is 0 Å². The van der Waals surface area contributed by atoms with Crippen LogP contribution in [-0.4, -0.2) is 0 Å². The largest absolute Gasteiger partial charge is 0.0622 e. The second-order valence-corrected chi connectivity index (χ2v) is 12.7. The molecule has 0 aliphatic heterocycles. The van der Waals surface area contributed by atoms with Gasteiger partial charge in [-0.3, -0.25) is 0 Å². The summed E-state index contributed by atoms with van der Waals surface area (Å²) in [6.45, 7) is 9.54. The molecule has 6 aromatic carbocycles. The molecule has 7 rings (SSSR count). The maximum absolute atomic E-state index is 2.44. The van der Waals surface area contributed by atoms with Gasteiger partial charge in [-0.1, -0.05) is 161 Å². The van der Waals surface area contributed by atoms with Crippen molar-refractivity contribution >= 4 is 0 Å². The Labute approximate surface area is 250 Å². The van der Waals surface area contributed by atoms with Crippen LogP contribution in [0.2, 0.25) is 0 Å². The predicted octanol–water partition coefficient (Wildman–Crippen LogP) is 11.3. The average Bonchev–Trinajstić information content (AvgIpc) is 3.05. The molecule has 0 bridgehead atoms. The second-order valence-electron chi connectivity index (χ2n) is 12.7. The van der Waals surface area contributed by atoms with Crippen molar-refractivity contribution in [1.82, 2.24) is 0 Å². The van der Waals surface area contributed by atoms with Gasteiger partial charge in [0.15, 0.2) is 0 Å². The molecule has 0 atom stereocenters. The molecular weight excluding hydrogens is 504 g/mol. The van der Waals surface area contributed by atoms with Gasteiger partial charge in [-0.25, -0.2) is 0 Å². The second kappa shape index (κ2) is 10.00. The smallest absolute Gasteiger partial charge is 0.0152 e. The molecule has 204 valence electrons. The summed E-state index contributed by atoms with van der Waals surface area (Å²) in [5, 5.41) is 0. The lowest BCUT2D eigenvalue weighted by Gasteiger charge is -2.44. The van der Waals surface area contributed by atoms with Crippen LogP contribution in [0.5, 0.6) is 0 Å². The molecule has 42 heavy (non-hydrogen) atoms. The molecular formula is C42H36. The van der Waals surface area contributed by atoms with Crippen molar-refractivity contribution in [3.8, 4) is 44.5 Å². The van der Waals surface area contributed by atoms with Crippen molar-refractivity contribution < 1.29 is 0 Å². The standard InChI is InChI=1S/C42H36/c1-41(2)37-25-23-36(34-21-17-32(18-22-34)30-13-9-6-10-14-30)28-40(37)42(3,4)38-26-24-35(27-39(38)41)33-19-15-31(16-20-33)29-11-7-5-8-12-29/h5-28H,1-4H3. The minimum Gasteiger partial charge on any atom is -0.0622 e. The molecule has 0 radical (unpaired) electrons. The molecule has 0 nitrogen and oxygen atoms in total. The zero-order valence-corrected chi connectivity index (χ0v) is 24.9. The minimum atomic E-state index is -0.101. The van der Waals surface area contributed by atoms with Gasteiger partial charge in [0.2, 0.25) is 0 Å². The zero-order chi connectivity index (χ0) is 28.9. The van der Waals surface area contributed by atoms with Gasteiger partial charge in [0.25, 0.3) is 0 Å². The summed E-state index contributed by atoms with van der Waals surface area (Å²) in [6.07, 6.45) is 0. The van der Waals surface area contributed by atoms with Crippen LogP contribution in [-0.2, 0) is 10.8 Å². The first-order valence-corrected chi connectivity index (χ1v) is 14.9. The normalized spacial score (nSPS) is 14.6. The number of hydrogen-bond donors (Lipinski definition) is 0. The Balaban J connectivity index is 1.24. The summed E-state index contributed by atoms with van der Waals surface area (Å²) in [5.74, 6) is 0. The average molecular weight is 541 g/mol. The summed E-state index contributed by atoms with van der Waals surface area (Å²) in [7, 11) is 0. The maximum atomic E-state index is 2.44. The van der Waals surface area contributed by atoms with E-state index in [0.717, 1.165) is 0 Å². The molecule has 0 N–H and O–H groups in total. The van der Waals surface area contributed by atoms with Crippen LogP contribution in [0.25, 0.3) is 44.5 Å². The Morgan fingerprint density at radius 1 is 0.262 bits per heavy atom. The van der Waals surface area contributed by atoms with Gasteiger partial charge in [-0.05, 0) is 78.9 Å². The quantitative estimate of drug-likeness (QED) is 0.209. The maximum Gasteiger partial charge on any atom is 0.0152 e. The van der Waals surface area contributed by atoms with Gasteiger partial charge in [0, 0.05) is 10.8 Å². The van der Waals surface area contributed by atoms with E-state index in [1.54, 1.807) is 0 Å². The van der Waals surface area contributed by atoms with Crippen LogP contribution in [0.15, 0.2) is 146 Å². The Morgan fingerprint density at radius 2 is 0.524 bits per heavy atom. The van der Waals surface area contributed by atoms with Crippen molar-refractivity contribution in [2.75, 3.05) is 0 Å². The van der Waals surface area contributed by atoms with Crippen LogP contribution < -0.4 is 0 Å². The topological polar surface area (TPSA) is 0 Å². The van der Waals surface area contributed by atoms with Gasteiger partial charge in [-0.2, -0.15) is 0 Å². The first kappa shape index (κ1) is 26.2. The van der Waals surface area contributed by atoms with Crippen LogP contribution in [0, 0.1) is 0 Å². The van der Waals surface area contributed by atoms with E-state index < -0.39 is 0 Å². The lowest BCUT2D eigenvalue weighted by atomic mass is 9.59. The summed E-state index contributed by atoms with van der Waals surface area (Å²) in [6, 6.07) is 53.4. The minimum absolute atomic E-state index is 0.101. The Hall–Kier alpha value is -4.68. The first-order chi connectivity index (χ1) is 20.3. The van der Waals surface area contributed by atoms with Gasteiger partial charge in [0.05, 0.1) is 0 Å². The summed E-state index contributed by atoms with van der Waals surface area (Å²) < 4.78 is 0. The highest BCUT2D eigenvalue weighted by Gasteiger charge is 2.41. The fourth-order valence-corrected chi connectivity index (χ4v) is 6.83. The van der Waals surface area contributed by atoms with E-state index in [0.29, 0.717) is 0 Å². The molecule has 0 fully saturated rings. The van der Waals surface area contributed by atoms with Crippen molar-refractivity contribution in [3.63, 3.8) is 0 Å². The highest BCUT2D eigenvalue weighted by Crippen LogP contribution is 2.51. The Bertz CT molecular complexity index is 1730. The highest BCUT2D eigenvalue weighted by atomic mass is 14.4. The molecule has 0 saturated heterocycles. The zero-order valence-electron chi connectivity index (χ0n) is 24.9. The molecule has 0 heterocycles. The van der Waals surface area contributed by atoms with Crippen molar-refractivity contribution in [2.24, 2.45) is 0 Å². The van der Waals surface area contributed by atoms with E-state index in [9.17, 15) is 0 Å². The molecule has 0 heteroatoms. The van der Waals surface area contributed by atoms with Gasteiger partial charge in [0.1, 0.15) is 0 Å². The van der Waals surface area contributed by atoms with E-state index in [1.807, 2.05) is 0 Å². The fraction of sp³-hybridized carbons (Fsp3) is 0.143. The lowest BCUT2D eigenvalue weighted by molar-refractivity contribution is 0.521. The van der Waals surface area contributed by atoms with Crippen molar-refractivity contribution in [3.05, 3.63) is 168 Å². The van der Waals surface area contributed by atoms with Crippen LogP contribution in [0.4, 0.5) is 0 Å². The van der Waals surface area contributed by atoms with E-state index in [2.05, 4.69) is 173 Å². The highest BCUT2D eigenvalue weighted by molar-refractivity contribution is 5.75. The number of benzene rings is 6. The molecule has 0 aromatic heterocycles. The fourth-order valence-electron chi connectivity index (χ4n) is 6.83. The lowest BCUT2D eigenvalue weighted by Crippen LogP contribution is -2.36. The summed E-state index contributed by atoms with van der Waals surface area (Å²) in [5.41, 5.74) is 15.5. The Morgan fingerprint density at radius 3 is 0.857 bits per heavy atom. The Kier molecular flexibility index (Phi) is 6.24. The molecule has 0 amide bonds. The van der Waals surface area contributed by atoms with E-state index >= 15 is 0 Å². The first-order valence-electron chi connectivity index (χ1n) is 14.9. The third kappa shape index (κ3) is 4.39. The third-order valence-corrected chi connectivity index (χ3v) is 9.38. The molecule has 1 aliphatic carbocycles. The van der Waals surface area contributed by atoms with E-state index in [4.69, 9.17) is 0 Å². The molecule has 0 unspecified atom stereocenters. The van der Waals surface area contributed by atoms with Crippen molar-refractivity contribution in [1.29, 1.82) is 0 Å². The van der Waals surface area contributed by atoms with Crippen LogP contribution in [0.1, 0.15) is 49.9 Å². The SMILES string of the molecule is CC1(C)c2ccc(-c3ccc(-c4ccccc4)cc3)cc2C(C)(C)c2ccc(-c3ccc(-c4ccccc4)cc3)cc21. The number of fused-ring (bicyclic) bond motifs is 2. The predicted molar refractivity (Wildman–Crippen MR) is 179 cm³/mol. The molecule has 6 aromatic rings. The van der Waals surface area contributed by atoms with Crippen molar-refractivity contribution in [2.45, 2.75) is 38.5 Å². The van der Waals surface area contributed by atoms with E-state index in [-0.39, 0.29) is 10.8 Å². The summed E-state index contributed by atoms with van der Waals surface area (Å²) in [4.78, 5) is 0. The molecule has 1 aliphatic rings. The van der Waals surface area contributed by atoms with Gasteiger partial charge >= 0.3 is 0 Å². The van der Waals surface area contributed by atoms with Crippen LogP contribution >= 0.6 is 0 Å². The van der Waals surface area contributed by atoms with Gasteiger partial charge < -0.3 is 0 Å². The third-order valence-electron chi connectivity index (χ3n) is 9.38. The number of rotatable bonds is 4. The van der Waals surface area contributed by atoms with Gasteiger partial charge in [-0.15, -0.1) is 0 Å². The molecule has 0 spiro atoms.